The summed E-state index contributed by atoms with van der Waals surface area (Å²) in [5, 5.41) is 0. The molecular weight excluding hydrogens is 293 g/mol. The summed E-state index contributed by atoms with van der Waals surface area (Å²) in [7, 11) is 0. The number of rotatable bonds is 3. The molecular formula is C19H18FNO2. The molecule has 0 saturated carbocycles. The molecule has 1 atom stereocenters. The van der Waals surface area contributed by atoms with Gasteiger partial charge in [0, 0.05) is 24.4 Å². The molecule has 23 heavy (non-hydrogen) atoms. The summed E-state index contributed by atoms with van der Waals surface area (Å²) in [5.74, 6) is -0.658. The van der Waals surface area contributed by atoms with Gasteiger partial charge in [0.1, 0.15) is 5.82 Å². The van der Waals surface area contributed by atoms with Crippen molar-refractivity contribution in [3.63, 3.8) is 0 Å². The van der Waals surface area contributed by atoms with Crippen molar-refractivity contribution < 1.29 is 14.0 Å². The Morgan fingerprint density at radius 2 is 1.87 bits per heavy atom. The Balaban J connectivity index is 1.82. The predicted molar refractivity (Wildman–Crippen MR) is 87.0 cm³/mol. The van der Waals surface area contributed by atoms with Crippen LogP contribution in [0, 0.1) is 11.7 Å². The molecule has 118 valence electrons. The third-order valence-corrected chi connectivity index (χ3v) is 4.23. The van der Waals surface area contributed by atoms with Crippen LogP contribution in [0.15, 0.2) is 48.5 Å². The number of para-hydroxylation sites is 1. The van der Waals surface area contributed by atoms with Crippen LogP contribution in [0.4, 0.5) is 10.1 Å². The Morgan fingerprint density at radius 1 is 1.17 bits per heavy atom. The highest BCUT2D eigenvalue weighted by molar-refractivity contribution is 6.09. The average molecular weight is 311 g/mol. The fourth-order valence-corrected chi connectivity index (χ4v) is 2.99. The molecule has 2 aromatic carbocycles. The minimum absolute atomic E-state index is 0.0615. The van der Waals surface area contributed by atoms with Crippen molar-refractivity contribution in [1.82, 2.24) is 0 Å². The highest BCUT2D eigenvalue weighted by atomic mass is 19.1. The summed E-state index contributed by atoms with van der Waals surface area (Å²) in [6, 6.07) is 13.7. The van der Waals surface area contributed by atoms with Crippen LogP contribution >= 0.6 is 0 Å². The number of anilines is 1. The molecule has 1 aliphatic heterocycles. The molecule has 0 fully saturated rings. The van der Waals surface area contributed by atoms with Crippen molar-refractivity contribution >= 4 is 17.4 Å². The van der Waals surface area contributed by atoms with Crippen molar-refractivity contribution in [2.75, 3.05) is 11.4 Å². The maximum absolute atomic E-state index is 13.8. The zero-order chi connectivity index (χ0) is 16.4. The molecule has 4 heteroatoms. The van der Waals surface area contributed by atoms with E-state index >= 15 is 0 Å². The highest BCUT2D eigenvalue weighted by Crippen LogP contribution is 2.28. The first kappa shape index (κ1) is 15.4. The van der Waals surface area contributed by atoms with Crippen molar-refractivity contribution in [2.45, 2.75) is 19.8 Å². The lowest BCUT2D eigenvalue weighted by Crippen LogP contribution is -2.41. The summed E-state index contributed by atoms with van der Waals surface area (Å²) in [5.41, 5.74) is 1.79. The summed E-state index contributed by atoms with van der Waals surface area (Å²) < 4.78 is 13.8. The van der Waals surface area contributed by atoms with Crippen LogP contribution in [-0.4, -0.2) is 18.2 Å². The Hall–Kier alpha value is -2.49. The molecule has 0 aliphatic carbocycles. The lowest BCUT2D eigenvalue weighted by molar-refractivity contribution is -0.121. The summed E-state index contributed by atoms with van der Waals surface area (Å²) in [6.45, 7) is 2.18. The average Bonchev–Trinajstić information content (AvgIpc) is 2.57. The maximum atomic E-state index is 13.8. The number of halogens is 1. The van der Waals surface area contributed by atoms with E-state index in [1.807, 2.05) is 6.07 Å². The number of benzene rings is 2. The SMILES string of the molecule is CC(Cc1ccccc1F)C(=O)N1CCC(=O)c2ccccc21. The molecule has 1 aliphatic rings. The number of nitrogens with zero attached hydrogens (tertiary/aromatic N) is 1. The van der Waals surface area contributed by atoms with Crippen LogP contribution in [0.2, 0.25) is 0 Å². The number of amides is 1. The number of carbonyl (C=O) groups is 2. The van der Waals surface area contributed by atoms with E-state index in [0.29, 0.717) is 36.2 Å². The molecule has 0 radical (unpaired) electrons. The minimum Gasteiger partial charge on any atom is -0.311 e. The summed E-state index contributed by atoms with van der Waals surface area (Å²) in [4.78, 5) is 26.4. The second-order valence-electron chi connectivity index (χ2n) is 5.88. The Labute approximate surface area is 134 Å². The number of hydrogen-bond acceptors (Lipinski definition) is 2. The van der Waals surface area contributed by atoms with E-state index in [1.165, 1.54) is 6.07 Å². The van der Waals surface area contributed by atoms with Gasteiger partial charge in [-0.3, -0.25) is 9.59 Å². The lowest BCUT2D eigenvalue weighted by atomic mass is 9.95. The molecule has 3 nitrogen and oxygen atoms in total. The zero-order valence-electron chi connectivity index (χ0n) is 13.0. The topological polar surface area (TPSA) is 37.4 Å². The van der Waals surface area contributed by atoms with E-state index in [0.717, 1.165) is 0 Å². The Kier molecular flexibility index (Phi) is 4.24. The molecule has 2 aromatic rings. The van der Waals surface area contributed by atoms with Gasteiger partial charge in [0.05, 0.1) is 5.69 Å². The maximum Gasteiger partial charge on any atom is 0.230 e. The first-order chi connectivity index (χ1) is 11.1. The number of hydrogen-bond donors (Lipinski definition) is 0. The quantitative estimate of drug-likeness (QED) is 0.868. The van der Waals surface area contributed by atoms with Crippen molar-refractivity contribution in [1.29, 1.82) is 0 Å². The van der Waals surface area contributed by atoms with Crippen LogP contribution < -0.4 is 4.90 Å². The third kappa shape index (κ3) is 3.02. The molecule has 1 heterocycles. The van der Waals surface area contributed by atoms with Crippen LogP contribution in [-0.2, 0) is 11.2 Å². The van der Waals surface area contributed by atoms with Crippen molar-refractivity contribution in [3.05, 3.63) is 65.5 Å². The largest absolute Gasteiger partial charge is 0.311 e. The van der Waals surface area contributed by atoms with Gasteiger partial charge < -0.3 is 4.90 Å². The Morgan fingerprint density at radius 3 is 2.65 bits per heavy atom. The van der Waals surface area contributed by atoms with Crippen LogP contribution in [0.5, 0.6) is 0 Å². The van der Waals surface area contributed by atoms with Gasteiger partial charge in [0.2, 0.25) is 5.91 Å². The monoisotopic (exact) mass is 311 g/mol. The first-order valence-corrected chi connectivity index (χ1v) is 7.75. The fraction of sp³-hybridized carbons (Fsp3) is 0.263. The van der Waals surface area contributed by atoms with Gasteiger partial charge >= 0.3 is 0 Å². The van der Waals surface area contributed by atoms with Crippen LogP contribution in [0.25, 0.3) is 0 Å². The van der Waals surface area contributed by atoms with E-state index in [9.17, 15) is 14.0 Å². The molecule has 3 rings (SSSR count). The predicted octanol–water partition coefficient (Wildman–Crippen LogP) is 3.62. The summed E-state index contributed by atoms with van der Waals surface area (Å²) in [6.07, 6.45) is 0.674. The third-order valence-electron chi connectivity index (χ3n) is 4.23. The fourth-order valence-electron chi connectivity index (χ4n) is 2.99. The Bertz CT molecular complexity index is 757. The zero-order valence-corrected chi connectivity index (χ0v) is 13.0. The van der Waals surface area contributed by atoms with Crippen molar-refractivity contribution in [3.8, 4) is 0 Å². The molecule has 0 bridgehead atoms. The number of carbonyl (C=O) groups excluding carboxylic acids is 2. The van der Waals surface area contributed by atoms with E-state index in [2.05, 4.69) is 0 Å². The second kappa shape index (κ2) is 6.32. The molecule has 0 N–H and O–H groups in total. The van der Waals surface area contributed by atoms with Gasteiger partial charge in [0.15, 0.2) is 5.78 Å². The van der Waals surface area contributed by atoms with Gasteiger partial charge in [-0.15, -0.1) is 0 Å². The molecule has 0 saturated heterocycles. The van der Waals surface area contributed by atoms with E-state index in [4.69, 9.17) is 0 Å². The van der Waals surface area contributed by atoms with Gasteiger partial charge in [-0.2, -0.15) is 0 Å². The normalized spacial score (nSPS) is 15.2. The van der Waals surface area contributed by atoms with Gasteiger partial charge in [0.25, 0.3) is 0 Å². The van der Waals surface area contributed by atoms with Gasteiger partial charge in [-0.1, -0.05) is 37.3 Å². The van der Waals surface area contributed by atoms with E-state index in [-0.39, 0.29) is 23.4 Å². The molecule has 0 spiro atoms. The molecule has 1 amide bonds. The van der Waals surface area contributed by atoms with Gasteiger partial charge in [-0.25, -0.2) is 4.39 Å². The molecule has 0 aromatic heterocycles. The number of fused-ring (bicyclic) bond motifs is 1. The van der Waals surface area contributed by atoms with Crippen LogP contribution in [0.3, 0.4) is 0 Å². The standard InChI is InChI=1S/C19H18FNO2/c1-13(12-14-6-2-4-8-16(14)20)19(23)21-11-10-18(22)15-7-3-5-9-17(15)21/h2-9,13H,10-12H2,1H3. The smallest absolute Gasteiger partial charge is 0.230 e. The summed E-state index contributed by atoms with van der Waals surface area (Å²) >= 11 is 0. The molecule has 1 unspecified atom stereocenters. The number of Topliss-reactive ketones (excluding diaryl/α,β-unsaturated/α-hetero) is 1. The minimum atomic E-state index is -0.354. The van der Waals surface area contributed by atoms with Crippen LogP contribution in [0.1, 0.15) is 29.3 Å². The van der Waals surface area contributed by atoms with Gasteiger partial charge in [-0.05, 0) is 30.2 Å². The highest BCUT2D eigenvalue weighted by Gasteiger charge is 2.29. The lowest BCUT2D eigenvalue weighted by Gasteiger charge is -2.30. The van der Waals surface area contributed by atoms with E-state index < -0.39 is 0 Å². The van der Waals surface area contributed by atoms with E-state index in [1.54, 1.807) is 48.2 Å². The number of ketones is 1. The second-order valence-corrected chi connectivity index (χ2v) is 5.88. The first-order valence-electron chi connectivity index (χ1n) is 7.75. The van der Waals surface area contributed by atoms with Crippen molar-refractivity contribution in [2.24, 2.45) is 5.92 Å².